The van der Waals surface area contributed by atoms with E-state index in [0.29, 0.717) is 11.3 Å². The molecular weight excluding hydrogens is 202 g/mol. The van der Waals surface area contributed by atoms with Gasteiger partial charge < -0.3 is 0 Å². The molecule has 3 nitrogen and oxygen atoms in total. The standard InChI is InChI=1S/C9H11NO2.2C2H6/c1-7(10(2)12)8-5-3-4-6-9(8)11;2*1-2/h3-6,12H,1-2H3;2*1-2H3. The number of ketones is 1. The molecule has 92 valence electrons. The second-order valence-electron chi connectivity index (χ2n) is 2.61. The first-order valence-electron chi connectivity index (χ1n) is 5.65. The summed E-state index contributed by atoms with van der Waals surface area (Å²) in [6.07, 6.45) is 6.60. The monoisotopic (exact) mass is 225 g/mol. The van der Waals surface area contributed by atoms with E-state index in [1.165, 1.54) is 13.1 Å². The maximum absolute atomic E-state index is 11.2. The lowest BCUT2D eigenvalue weighted by molar-refractivity contribution is -0.111. The number of carbonyl (C=O) groups excluding carboxylic acids is 1. The summed E-state index contributed by atoms with van der Waals surface area (Å²) in [5, 5.41) is 10.00. The van der Waals surface area contributed by atoms with E-state index in [-0.39, 0.29) is 5.78 Å². The molecule has 0 spiro atoms. The van der Waals surface area contributed by atoms with Gasteiger partial charge in [0.05, 0.1) is 0 Å². The van der Waals surface area contributed by atoms with E-state index in [4.69, 9.17) is 5.21 Å². The van der Waals surface area contributed by atoms with Crippen LogP contribution >= 0.6 is 0 Å². The smallest absolute Gasteiger partial charge is 0.187 e. The van der Waals surface area contributed by atoms with Crippen molar-refractivity contribution in [2.75, 3.05) is 7.05 Å². The summed E-state index contributed by atoms with van der Waals surface area (Å²) in [6, 6.07) is 0. The van der Waals surface area contributed by atoms with Gasteiger partial charge in [0.25, 0.3) is 0 Å². The molecule has 0 saturated carbocycles. The van der Waals surface area contributed by atoms with Crippen molar-refractivity contribution in [1.29, 1.82) is 0 Å². The van der Waals surface area contributed by atoms with Gasteiger partial charge in [-0.3, -0.25) is 15.1 Å². The van der Waals surface area contributed by atoms with Crippen LogP contribution in [0.1, 0.15) is 34.6 Å². The van der Waals surface area contributed by atoms with Gasteiger partial charge in [0, 0.05) is 18.3 Å². The fourth-order valence-electron chi connectivity index (χ4n) is 0.940. The highest BCUT2D eigenvalue weighted by atomic mass is 16.5. The molecule has 0 radical (unpaired) electrons. The minimum absolute atomic E-state index is 0.0732. The molecule has 0 saturated heterocycles. The first kappa shape index (κ1) is 17.1. The molecule has 0 fully saturated rings. The van der Waals surface area contributed by atoms with Crippen molar-refractivity contribution in [1.82, 2.24) is 5.06 Å². The molecule has 3 heteroatoms. The normalized spacial score (nSPS) is 15.6. The first-order chi connectivity index (χ1) is 7.63. The first-order valence-corrected chi connectivity index (χ1v) is 5.65. The number of hydrogen-bond donors (Lipinski definition) is 1. The Morgan fingerprint density at radius 2 is 1.56 bits per heavy atom. The summed E-state index contributed by atoms with van der Waals surface area (Å²) in [6.45, 7) is 9.69. The van der Waals surface area contributed by atoms with Gasteiger partial charge in [0.15, 0.2) is 5.78 Å². The number of rotatable bonds is 1. The van der Waals surface area contributed by atoms with Crippen LogP contribution in [-0.4, -0.2) is 23.1 Å². The molecule has 1 rings (SSSR count). The van der Waals surface area contributed by atoms with Gasteiger partial charge >= 0.3 is 0 Å². The Labute approximate surface area is 98.7 Å². The van der Waals surface area contributed by atoms with Gasteiger partial charge in [-0.1, -0.05) is 39.8 Å². The third-order valence-electron chi connectivity index (χ3n) is 1.76. The number of carbonyl (C=O) groups is 1. The van der Waals surface area contributed by atoms with Gasteiger partial charge in [-0.05, 0) is 19.1 Å². The van der Waals surface area contributed by atoms with E-state index in [1.807, 2.05) is 27.7 Å². The summed E-state index contributed by atoms with van der Waals surface area (Å²) >= 11 is 0. The quantitative estimate of drug-likeness (QED) is 0.549. The highest BCUT2D eigenvalue weighted by molar-refractivity contribution is 6.07. The average molecular weight is 225 g/mol. The lowest BCUT2D eigenvalue weighted by Crippen LogP contribution is -2.15. The van der Waals surface area contributed by atoms with E-state index < -0.39 is 0 Å². The lowest BCUT2D eigenvalue weighted by atomic mass is 10.0. The van der Waals surface area contributed by atoms with Gasteiger partial charge in [-0.2, -0.15) is 0 Å². The van der Waals surface area contributed by atoms with Crippen LogP contribution in [0.5, 0.6) is 0 Å². The lowest BCUT2D eigenvalue weighted by Gasteiger charge is -2.14. The molecule has 0 aromatic heterocycles. The number of allylic oxidation sites excluding steroid dienone is 6. The van der Waals surface area contributed by atoms with Crippen molar-refractivity contribution in [2.45, 2.75) is 34.6 Å². The molecule has 16 heavy (non-hydrogen) atoms. The van der Waals surface area contributed by atoms with E-state index >= 15 is 0 Å². The SMILES string of the molecule is CC.CC.CC(=C1C=CC=CC1=O)N(C)O. The third kappa shape index (κ3) is 5.51. The minimum atomic E-state index is -0.0732. The minimum Gasteiger partial charge on any atom is -0.289 e. The van der Waals surface area contributed by atoms with Gasteiger partial charge in [0.2, 0.25) is 0 Å². The van der Waals surface area contributed by atoms with Crippen molar-refractivity contribution in [3.8, 4) is 0 Å². The van der Waals surface area contributed by atoms with Crippen LogP contribution in [0.15, 0.2) is 35.6 Å². The van der Waals surface area contributed by atoms with Gasteiger partial charge in [-0.25, -0.2) is 0 Å². The van der Waals surface area contributed by atoms with Crippen LogP contribution in [0, 0.1) is 0 Å². The molecule has 0 amide bonds. The van der Waals surface area contributed by atoms with Gasteiger partial charge in [-0.15, -0.1) is 0 Å². The van der Waals surface area contributed by atoms with E-state index in [9.17, 15) is 4.79 Å². The van der Waals surface area contributed by atoms with Crippen LogP contribution < -0.4 is 0 Å². The van der Waals surface area contributed by atoms with Crippen molar-refractivity contribution < 1.29 is 10.0 Å². The van der Waals surface area contributed by atoms with Crippen LogP contribution in [0.4, 0.5) is 0 Å². The zero-order valence-corrected chi connectivity index (χ0v) is 11.1. The molecule has 1 aliphatic carbocycles. The molecule has 1 aliphatic rings. The van der Waals surface area contributed by atoms with Crippen LogP contribution in [0.25, 0.3) is 0 Å². The van der Waals surface area contributed by atoms with Crippen molar-refractivity contribution >= 4 is 5.78 Å². The topological polar surface area (TPSA) is 40.5 Å². The molecule has 0 unspecified atom stereocenters. The van der Waals surface area contributed by atoms with Crippen molar-refractivity contribution in [3.63, 3.8) is 0 Å². The Morgan fingerprint density at radius 3 is 1.94 bits per heavy atom. The highest BCUT2D eigenvalue weighted by Crippen LogP contribution is 2.12. The Morgan fingerprint density at radius 1 is 1.12 bits per heavy atom. The summed E-state index contributed by atoms with van der Waals surface area (Å²) in [7, 11) is 1.49. The predicted molar refractivity (Wildman–Crippen MR) is 68.2 cm³/mol. The summed E-state index contributed by atoms with van der Waals surface area (Å²) in [4.78, 5) is 11.2. The fraction of sp³-hybridized carbons (Fsp3) is 0.462. The fourth-order valence-corrected chi connectivity index (χ4v) is 0.940. The summed E-state index contributed by atoms with van der Waals surface area (Å²) in [5.74, 6) is -0.0732. The van der Waals surface area contributed by atoms with E-state index in [0.717, 1.165) is 5.06 Å². The number of hydroxylamine groups is 2. The Bertz CT molecular complexity index is 286. The molecule has 0 aromatic carbocycles. The Kier molecular flexibility index (Phi) is 10.9. The molecule has 0 heterocycles. The Hall–Kier alpha value is -1.35. The second kappa shape index (κ2) is 10.2. The molecule has 0 bridgehead atoms. The summed E-state index contributed by atoms with van der Waals surface area (Å²) in [5.41, 5.74) is 1.09. The molecule has 0 atom stereocenters. The zero-order valence-electron chi connectivity index (χ0n) is 11.1. The average Bonchev–Trinajstić information content (AvgIpc) is 2.34. The predicted octanol–water partition coefficient (Wildman–Crippen LogP) is 3.33. The summed E-state index contributed by atoms with van der Waals surface area (Å²) < 4.78 is 0. The van der Waals surface area contributed by atoms with E-state index in [2.05, 4.69) is 0 Å². The number of hydrogen-bond acceptors (Lipinski definition) is 3. The van der Waals surface area contributed by atoms with Crippen LogP contribution in [0.2, 0.25) is 0 Å². The molecule has 1 N–H and O–H groups in total. The molecule has 0 aromatic rings. The maximum Gasteiger partial charge on any atom is 0.187 e. The number of nitrogens with zero attached hydrogens (tertiary/aromatic N) is 1. The van der Waals surface area contributed by atoms with Crippen molar-refractivity contribution in [2.24, 2.45) is 0 Å². The third-order valence-corrected chi connectivity index (χ3v) is 1.76. The molecular formula is C13H23NO2. The molecule has 0 aliphatic heterocycles. The highest BCUT2D eigenvalue weighted by Gasteiger charge is 2.10. The van der Waals surface area contributed by atoms with Crippen LogP contribution in [-0.2, 0) is 4.79 Å². The van der Waals surface area contributed by atoms with Gasteiger partial charge in [0.1, 0.15) is 0 Å². The maximum atomic E-state index is 11.2. The van der Waals surface area contributed by atoms with Crippen LogP contribution in [0.3, 0.4) is 0 Å². The zero-order chi connectivity index (χ0) is 13.1. The van der Waals surface area contributed by atoms with E-state index in [1.54, 1.807) is 25.2 Å². The Balaban J connectivity index is 0. The van der Waals surface area contributed by atoms with Crippen molar-refractivity contribution in [3.05, 3.63) is 35.6 Å². The largest absolute Gasteiger partial charge is 0.289 e. The second-order valence-corrected chi connectivity index (χ2v) is 2.61.